The molecule has 0 fully saturated rings. The van der Waals surface area contributed by atoms with Crippen molar-refractivity contribution in [3.63, 3.8) is 0 Å². The first-order valence-electron chi connectivity index (χ1n) is 7.82. The van der Waals surface area contributed by atoms with Gasteiger partial charge in [0.1, 0.15) is 16.8 Å². The molecule has 1 heterocycles. The van der Waals surface area contributed by atoms with Crippen LogP contribution in [0.25, 0.3) is 0 Å². The van der Waals surface area contributed by atoms with E-state index in [1.165, 1.54) is 11.8 Å². The number of anilines is 2. The summed E-state index contributed by atoms with van der Waals surface area (Å²) < 4.78 is 89.3. The molecule has 0 saturated heterocycles. The lowest BCUT2D eigenvalue weighted by Crippen LogP contribution is -2.49. The van der Waals surface area contributed by atoms with Crippen LogP contribution in [0.5, 0.6) is 0 Å². The highest BCUT2D eigenvalue weighted by atomic mass is 35.5. The Hall–Kier alpha value is -2.49. The summed E-state index contributed by atoms with van der Waals surface area (Å²) >= 11 is 5.98. The maximum atomic E-state index is 13.2. The van der Waals surface area contributed by atoms with Crippen LogP contribution in [0.2, 0.25) is 5.02 Å². The maximum Gasteiger partial charge on any atom is 0.404 e. The molecule has 0 radical (unpaired) electrons. The number of hydrogen-bond donors (Lipinski definition) is 4. The molecule has 0 bridgehead atoms. The predicted octanol–water partition coefficient (Wildman–Crippen LogP) is 2.31. The van der Waals surface area contributed by atoms with Gasteiger partial charge in [0.05, 0.1) is 0 Å². The summed E-state index contributed by atoms with van der Waals surface area (Å²) in [6.45, 7) is 0.591. The number of carbonyl (C=O) groups is 1. The fraction of sp³-hybridized carbons (Fsp3) is 0.286. The van der Waals surface area contributed by atoms with Gasteiger partial charge in [0.2, 0.25) is 0 Å². The van der Waals surface area contributed by atoms with Crippen molar-refractivity contribution < 1.29 is 35.2 Å². The van der Waals surface area contributed by atoms with Gasteiger partial charge in [0.15, 0.2) is 17.5 Å². The second-order valence-corrected chi connectivity index (χ2v) is 7.65. The number of nitrogens with zero attached hydrogens (tertiary/aromatic N) is 2. The zero-order chi connectivity index (χ0) is 22.9. The number of carbonyl (C=O) groups excluding carboxylic acids is 1. The molecule has 9 nitrogen and oxygen atoms in total. The number of benzene rings is 1. The first kappa shape index (κ1) is 23.8. The highest BCUT2D eigenvalue weighted by Gasteiger charge is 2.38. The molecule has 166 valence electrons. The topological polar surface area (TPSA) is 117 Å². The number of aryl methyl sites for hydroxylation is 1. The first-order valence-corrected chi connectivity index (χ1v) is 9.68. The zero-order valence-electron chi connectivity index (χ0n) is 15.1. The molecule has 30 heavy (non-hydrogen) atoms. The van der Waals surface area contributed by atoms with E-state index in [9.17, 15) is 35.2 Å². The summed E-state index contributed by atoms with van der Waals surface area (Å²) in [6, 6.07) is 0.208. The Bertz CT molecular complexity index is 1060. The van der Waals surface area contributed by atoms with E-state index in [4.69, 9.17) is 11.6 Å². The Morgan fingerprint density at radius 3 is 2.43 bits per heavy atom. The minimum atomic E-state index is -4.82. The van der Waals surface area contributed by atoms with Crippen molar-refractivity contribution in [3.8, 4) is 0 Å². The van der Waals surface area contributed by atoms with Crippen LogP contribution in [-0.4, -0.2) is 36.3 Å². The molecular weight excluding hydrogens is 463 g/mol. The summed E-state index contributed by atoms with van der Waals surface area (Å²) in [5.74, 6) is -3.64. The number of alkyl halides is 3. The van der Waals surface area contributed by atoms with Crippen molar-refractivity contribution in [2.75, 3.05) is 10.7 Å². The zero-order valence-corrected chi connectivity index (χ0v) is 16.7. The number of amides is 1. The predicted molar refractivity (Wildman–Crippen MR) is 96.9 cm³/mol. The van der Waals surface area contributed by atoms with Gasteiger partial charge in [-0.1, -0.05) is 11.6 Å². The Balaban J connectivity index is 2.13. The molecule has 1 unspecified atom stereocenters. The van der Waals surface area contributed by atoms with Gasteiger partial charge in [0, 0.05) is 18.8 Å². The fourth-order valence-corrected chi connectivity index (χ4v) is 3.22. The summed E-state index contributed by atoms with van der Waals surface area (Å²) in [7, 11) is -3.42. The number of hydrazine groups is 1. The summed E-state index contributed by atoms with van der Waals surface area (Å²) in [5, 5.41) is 5.58. The van der Waals surface area contributed by atoms with Gasteiger partial charge in [0.25, 0.3) is 16.1 Å². The molecular formula is C14H14ClF5N6O3S. The molecule has 16 heteroatoms. The summed E-state index contributed by atoms with van der Waals surface area (Å²) in [4.78, 5) is 13.9. The molecule has 1 aromatic carbocycles. The lowest BCUT2D eigenvalue weighted by Gasteiger charge is -2.17. The minimum Gasteiger partial charge on any atom is -0.321 e. The van der Waals surface area contributed by atoms with Crippen molar-refractivity contribution in [1.29, 1.82) is 0 Å². The first-order chi connectivity index (χ1) is 13.7. The third-order valence-corrected chi connectivity index (χ3v) is 4.90. The van der Waals surface area contributed by atoms with E-state index in [0.717, 1.165) is 22.9 Å². The van der Waals surface area contributed by atoms with Crippen molar-refractivity contribution in [2.24, 2.45) is 7.05 Å². The van der Waals surface area contributed by atoms with E-state index in [0.29, 0.717) is 6.92 Å². The smallest absolute Gasteiger partial charge is 0.321 e. The molecule has 1 amide bonds. The second kappa shape index (κ2) is 8.71. The Kier molecular flexibility index (Phi) is 6.90. The average molecular weight is 477 g/mol. The number of rotatable bonds is 7. The van der Waals surface area contributed by atoms with Crippen LogP contribution in [0.3, 0.4) is 0 Å². The van der Waals surface area contributed by atoms with Gasteiger partial charge >= 0.3 is 6.18 Å². The minimum absolute atomic E-state index is 0.100. The molecule has 1 atom stereocenters. The molecule has 2 aromatic rings. The molecule has 0 aliphatic heterocycles. The van der Waals surface area contributed by atoms with E-state index in [1.807, 2.05) is 5.43 Å². The van der Waals surface area contributed by atoms with E-state index in [1.54, 1.807) is 4.83 Å². The van der Waals surface area contributed by atoms with Gasteiger partial charge in [-0.2, -0.15) is 31.4 Å². The fourth-order valence-electron chi connectivity index (χ4n) is 2.03. The van der Waals surface area contributed by atoms with Gasteiger partial charge in [-0.15, -0.1) is 4.83 Å². The normalized spacial score (nSPS) is 13.2. The molecule has 4 N–H and O–H groups in total. The van der Waals surface area contributed by atoms with Crippen molar-refractivity contribution in [1.82, 2.24) is 19.3 Å². The lowest BCUT2D eigenvalue weighted by atomic mass is 10.3. The average Bonchev–Trinajstić information content (AvgIpc) is 2.89. The van der Waals surface area contributed by atoms with Crippen LogP contribution in [-0.2, 0) is 17.3 Å². The Morgan fingerprint density at radius 1 is 1.23 bits per heavy atom. The summed E-state index contributed by atoms with van der Waals surface area (Å²) in [5.41, 5.74) is 1.58. The largest absolute Gasteiger partial charge is 0.404 e. The third kappa shape index (κ3) is 5.78. The Labute approximate surface area is 171 Å². The van der Waals surface area contributed by atoms with Crippen LogP contribution in [0.1, 0.15) is 17.4 Å². The molecule has 1 aromatic heterocycles. The Morgan fingerprint density at radius 2 is 1.87 bits per heavy atom. The highest BCUT2D eigenvalue weighted by molar-refractivity contribution is 7.87. The van der Waals surface area contributed by atoms with Crippen LogP contribution >= 0.6 is 11.6 Å². The number of halogens is 6. The standard InChI is InChI=1S/C14H14ClF5N6O3S/c1-6(14(18,19)20)24-30(28,29)25-22-12-10(15)11(26(2)23-12)13(27)21-7-3-4-8(16)9(17)5-7/h3-6,24-25H,1-2H3,(H,21,27)(H,22,23). The second-order valence-electron chi connectivity index (χ2n) is 5.83. The van der Waals surface area contributed by atoms with E-state index < -0.39 is 50.8 Å². The number of nitrogens with one attached hydrogen (secondary N) is 4. The van der Waals surface area contributed by atoms with Crippen LogP contribution in [0.15, 0.2) is 18.2 Å². The van der Waals surface area contributed by atoms with Gasteiger partial charge in [-0.05, 0) is 19.1 Å². The SMILES string of the molecule is CC(NS(=O)(=O)NNc1nn(C)c(C(=O)Nc2ccc(F)c(F)c2)c1Cl)C(F)(F)F. The van der Waals surface area contributed by atoms with E-state index in [2.05, 4.69) is 10.4 Å². The molecule has 0 saturated carbocycles. The lowest BCUT2D eigenvalue weighted by molar-refractivity contribution is -0.147. The van der Waals surface area contributed by atoms with E-state index in [-0.39, 0.29) is 11.4 Å². The maximum absolute atomic E-state index is 13.2. The van der Waals surface area contributed by atoms with Crippen molar-refractivity contribution in [3.05, 3.63) is 40.6 Å². The highest BCUT2D eigenvalue weighted by Crippen LogP contribution is 2.26. The molecule has 0 spiro atoms. The molecule has 0 aliphatic carbocycles. The third-order valence-electron chi connectivity index (χ3n) is 3.51. The van der Waals surface area contributed by atoms with Gasteiger partial charge < -0.3 is 5.32 Å². The molecule has 0 aliphatic rings. The molecule has 2 rings (SSSR count). The number of aromatic nitrogens is 2. The van der Waals surface area contributed by atoms with Crippen LogP contribution in [0, 0.1) is 11.6 Å². The van der Waals surface area contributed by atoms with Crippen LogP contribution < -0.4 is 20.3 Å². The van der Waals surface area contributed by atoms with Crippen molar-refractivity contribution in [2.45, 2.75) is 19.1 Å². The quantitative estimate of drug-likeness (QED) is 0.361. The van der Waals surface area contributed by atoms with Gasteiger partial charge in [-0.3, -0.25) is 14.9 Å². The monoisotopic (exact) mass is 476 g/mol. The van der Waals surface area contributed by atoms with E-state index >= 15 is 0 Å². The van der Waals surface area contributed by atoms with Gasteiger partial charge in [-0.25, -0.2) is 8.78 Å². The van der Waals surface area contributed by atoms with Crippen molar-refractivity contribution >= 4 is 39.2 Å². The van der Waals surface area contributed by atoms with Crippen LogP contribution in [0.4, 0.5) is 33.5 Å². The number of hydrogen-bond acceptors (Lipinski definition) is 5. The summed E-state index contributed by atoms with van der Waals surface area (Å²) in [6.07, 6.45) is -4.82.